The Morgan fingerprint density at radius 3 is 2.19 bits per heavy atom. The molecule has 21 heavy (non-hydrogen) atoms. The van der Waals surface area contributed by atoms with Gasteiger partial charge >= 0.3 is 0 Å². The highest BCUT2D eigenvalue weighted by Crippen LogP contribution is 2.17. The molecule has 3 nitrogen and oxygen atoms in total. The molecular formula is C16H13F2NO2. The van der Waals surface area contributed by atoms with Crippen molar-refractivity contribution in [3.8, 4) is 0 Å². The minimum absolute atomic E-state index is 0.0897. The molecule has 0 bridgehead atoms. The van der Waals surface area contributed by atoms with Crippen LogP contribution in [0, 0.1) is 18.6 Å². The third-order valence-corrected chi connectivity index (χ3v) is 3.04. The van der Waals surface area contributed by atoms with Gasteiger partial charge in [-0.25, -0.2) is 8.78 Å². The van der Waals surface area contributed by atoms with Crippen molar-refractivity contribution in [2.75, 3.05) is 5.32 Å². The summed E-state index contributed by atoms with van der Waals surface area (Å²) in [5, 5.41) is 2.50. The molecule has 0 saturated heterocycles. The van der Waals surface area contributed by atoms with Crippen molar-refractivity contribution in [3.05, 3.63) is 64.7 Å². The van der Waals surface area contributed by atoms with Crippen LogP contribution in [0.1, 0.15) is 33.2 Å². The van der Waals surface area contributed by atoms with Crippen molar-refractivity contribution in [3.63, 3.8) is 0 Å². The smallest absolute Gasteiger partial charge is 0.258 e. The summed E-state index contributed by atoms with van der Waals surface area (Å²) in [5.74, 6) is -2.38. The maximum Gasteiger partial charge on any atom is 0.258 e. The Morgan fingerprint density at radius 1 is 1.00 bits per heavy atom. The molecule has 2 aromatic rings. The van der Waals surface area contributed by atoms with Gasteiger partial charge in [-0.3, -0.25) is 9.59 Å². The topological polar surface area (TPSA) is 46.2 Å². The van der Waals surface area contributed by atoms with E-state index < -0.39 is 17.5 Å². The molecule has 5 heteroatoms. The number of anilines is 1. The zero-order chi connectivity index (χ0) is 15.6. The largest absolute Gasteiger partial charge is 0.322 e. The molecule has 0 aliphatic heterocycles. The average molecular weight is 289 g/mol. The lowest BCUT2D eigenvalue weighted by molar-refractivity contribution is 0.101. The number of aryl methyl sites for hydroxylation is 1. The van der Waals surface area contributed by atoms with E-state index in [0.29, 0.717) is 17.3 Å². The van der Waals surface area contributed by atoms with E-state index in [0.717, 1.165) is 6.07 Å². The van der Waals surface area contributed by atoms with Gasteiger partial charge in [0.05, 0.1) is 5.56 Å². The van der Waals surface area contributed by atoms with E-state index in [1.807, 2.05) is 0 Å². The number of amides is 1. The fourth-order valence-corrected chi connectivity index (χ4v) is 1.82. The first-order valence-electron chi connectivity index (χ1n) is 6.26. The fraction of sp³-hybridized carbons (Fsp3) is 0.125. The van der Waals surface area contributed by atoms with Gasteiger partial charge in [0.25, 0.3) is 5.91 Å². The van der Waals surface area contributed by atoms with E-state index in [9.17, 15) is 18.4 Å². The Labute approximate surface area is 120 Å². The minimum atomic E-state index is -0.920. The number of nitrogens with one attached hydrogen (secondary N) is 1. The molecule has 0 heterocycles. The van der Waals surface area contributed by atoms with Crippen molar-refractivity contribution >= 4 is 17.4 Å². The molecule has 2 rings (SSSR count). The summed E-state index contributed by atoms with van der Waals surface area (Å²) in [7, 11) is 0. The summed E-state index contributed by atoms with van der Waals surface area (Å²) in [6.07, 6.45) is 0. The van der Waals surface area contributed by atoms with Crippen LogP contribution in [0.4, 0.5) is 14.5 Å². The predicted octanol–water partition coefficient (Wildman–Crippen LogP) is 3.73. The summed E-state index contributed by atoms with van der Waals surface area (Å²) >= 11 is 0. The van der Waals surface area contributed by atoms with Gasteiger partial charge in [-0.15, -0.1) is 0 Å². The quantitative estimate of drug-likeness (QED) is 0.875. The summed E-state index contributed by atoms with van der Waals surface area (Å²) in [6.45, 7) is 2.89. The number of hydrogen-bond acceptors (Lipinski definition) is 2. The molecule has 0 atom stereocenters. The molecule has 1 N–H and O–H groups in total. The van der Waals surface area contributed by atoms with Gasteiger partial charge in [-0.05, 0) is 49.7 Å². The van der Waals surface area contributed by atoms with Crippen LogP contribution in [0.3, 0.4) is 0 Å². The summed E-state index contributed by atoms with van der Waals surface area (Å²) in [6, 6.07) is 8.05. The van der Waals surface area contributed by atoms with Crippen LogP contribution in [0.25, 0.3) is 0 Å². The number of ketones is 1. The normalized spacial score (nSPS) is 10.3. The first-order valence-corrected chi connectivity index (χ1v) is 6.26. The standard InChI is InChI=1S/C16H13F2NO2/c1-9-7-13(15(18)8-14(9)17)16(21)19-12-5-3-11(4-6-12)10(2)20/h3-8H,1-2H3,(H,19,21). The van der Waals surface area contributed by atoms with Gasteiger partial charge in [0.2, 0.25) is 0 Å². The Bertz CT molecular complexity index is 709. The van der Waals surface area contributed by atoms with Gasteiger partial charge in [-0.1, -0.05) is 0 Å². The Hall–Kier alpha value is -2.56. The second kappa shape index (κ2) is 5.83. The first kappa shape index (κ1) is 14.8. The molecule has 0 unspecified atom stereocenters. The van der Waals surface area contributed by atoms with Crippen LogP contribution >= 0.6 is 0 Å². The molecule has 0 fully saturated rings. The van der Waals surface area contributed by atoms with Crippen LogP contribution in [-0.2, 0) is 0 Å². The highest BCUT2D eigenvalue weighted by molar-refractivity contribution is 6.04. The van der Waals surface area contributed by atoms with Gasteiger partial charge in [-0.2, -0.15) is 0 Å². The number of carbonyl (C=O) groups excluding carboxylic acids is 2. The van der Waals surface area contributed by atoms with Crippen molar-refractivity contribution < 1.29 is 18.4 Å². The number of hydrogen-bond donors (Lipinski definition) is 1. The molecule has 0 spiro atoms. The Balaban J connectivity index is 2.22. The van der Waals surface area contributed by atoms with Gasteiger partial charge in [0.1, 0.15) is 11.6 Å². The molecular weight excluding hydrogens is 276 g/mol. The van der Waals surface area contributed by atoms with Crippen molar-refractivity contribution in [1.82, 2.24) is 0 Å². The van der Waals surface area contributed by atoms with Crippen molar-refractivity contribution in [2.45, 2.75) is 13.8 Å². The number of Topliss-reactive ketones (excluding diaryl/α,β-unsaturated/α-hetero) is 1. The van der Waals surface area contributed by atoms with E-state index in [-0.39, 0.29) is 16.9 Å². The van der Waals surface area contributed by atoms with Crippen LogP contribution in [0.15, 0.2) is 36.4 Å². The maximum absolute atomic E-state index is 13.6. The highest BCUT2D eigenvalue weighted by atomic mass is 19.1. The predicted molar refractivity (Wildman–Crippen MR) is 75.5 cm³/mol. The lowest BCUT2D eigenvalue weighted by Gasteiger charge is -2.08. The molecule has 0 radical (unpaired) electrons. The van der Waals surface area contributed by atoms with Crippen LogP contribution in [0.2, 0.25) is 0 Å². The van der Waals surface area contributed by atoms with Crippen molar-refractivity contribution in [2.24, 2.45) is 0 Å². The lowest BCUT2D eigenvalue weighted by atomic mass is 10.1. The van der Waals surface area contributed by atoms with Crippen molar-refractivity contribution in [1.29, 1.82) is 0 Å². The molecule has 2 aromatic carbocycles. The Morgan fingerprint density at radius 2 is 1.62 bits per heavy atom. The van der Waals surface area contributed by atoms with Crippen LogP contribution < -0.4 is 5.32 Å². The molecule has 108 valence electrons. The third kappa shape index (κ3) is 3.31. The Kier molecular flexibility index (Phi) is 4.12. The number of benzene rings is 2. The fourth-order valence-electron chi connectivity index (χ4n) is 1.82. The third-order valence-electron chi connectivity index (χ3n) is 3.04. The monoisotopic (exact) mass is 289 g/mol. The van der Waals surface area contributed by atoms with Crippen LogP contribution in [-0.4, -0.2) is 11.7 Å². The number of rotatable bonds is 3. The lowest BCUT2D eigenvalue weighted by Crippen LogP contribution is -2.14. The molecule has 0 aliphatic rings. The molecule has 0 saturated carbocycles. The molecule has 1 amide bonds. The number of halogens is 2. The van der Waals surface area contributed by atoms with Gasteiger partial charge < -0.3 is 5.32 Å². The molecule has 0 aromatic heterocycles. The first-order chi connectivity index (χ1) is 9.88. The van der Waals surface area contributed by atoms with E-state index in [4.69, 9.17) is 0 Å². The average Bonchev–Trinajstić information content (AvgIpc) is 2.43. The minimum Gasteiger partial charge on any atom is -0.322 e. The van der Waals surface area contributed by atoms with Crippen LogP contribution in [0.5, 0.6) is 0 Å². The second-order valence-corrected chi connectivity index (χ2v) is 4.67. The van der Waals surface area contributed by atoms with E-state index >= 15 is 0 Å². The van der Waals surface area contributed by atoms with E-state index in [1.54, 1.807) is 24.3 Å². The molecule has 0 aliphatic carbocycles. The van der Waals surface area contributed by atoms with Gasteiger partial charge in [0, 0.05) is 17.3 Å². The zero-order valence-corrected chi connectivity index (χ0v) is 11.5. The summed E-state index contributed by atoms with van der Waals surface area (Å²) < 4.78 is 26.8. The number of carbonyl (C=O) groups is 2. The SMILES string of the molecule is CC(=O)c1ccc(NC(=O)c2cc(C)c(F)cc2F)cc1. The summed E-state index contributed by atoms with van der Waals surface area (Å²) in [4.78, 5) is 23.1. The van der Waals surface area contributed by atoms with E-state index in [1.165, 1.54) is 13.8 Å². The summed E-state index contributed by atoms with van der Waals surface area (Å²) in [5.41, 5.74) is 0.890. The zero-order valence-electron chi connectivity index (χ0n) is 11.5. The van der Waals surface area contributed by atoms with Gasteiger partial charge in [0.15, 0.2) is 5.78 Å². The van der Waals surface area contributed by atoms with E-state index in [2.05, 4.69) is 5.32 Å². The maximum atomic E-state index is 13.6. The highest BCUT2D eigenvalue weighted by Gasteiger charge is 2.14. The second-order valence-electron chi connectivity index (χ2n) is 4.67.